The normalized spacial score (nSPS) is 11.6. The molecule has 11 heteroatoms. The number of phenolic OH excluding ortho intramolecular Hbond substituents is 1. The molecule has 0 aliphatic rings. The monoisotopic (exact) mass is 526 g/mol. The van der Waals surface area contributed by atoms with Crippen molar-refractivity contribution in [1.82, 2.24) is 10.9 Å². The average molecular weight is 527 g/mol. The largest absolute Gasteiger partial charge is 0.502 e. The van der Waals surface area contributed by atoms with Crippen molar-refractivity contribution >= 4 is 34.2 Å². The highest BCUT2D eigenvalue weighted by molar-refractivity contribution is 6.01. The molecule has 196 valence electrons. The lowest BCUT2D eigenvalue weighted by Gasteiger charge is -2.13. The van der Waals surface area contributed by atoms with E-state index in [0.717, 1.165) is 34.5 Å². The fourth-order valence-electron chi connectivity index (χ4n) is 4.05. The van der Waals surface area contributed by atoms with Crippen molar-refractivity contribution in [2.45, 2.75) is 13.0 Å². The zero-order valence-corrected chi connectivity index (χ0v) is 20.5. The molecule has 0 aliphatic carbocycles. The molecular formula is C28H22N4O7. The Morgan fingerprint density at radius 1 is 0.949 bits per heavy atom. The van der Waals surface area contributed by atoms with Crippen LogP contribution in [0, 0.1) is 10.1 Å². The van der Waals surface area contributed by atoms with Gasteiger partial charge in [-0.15, -0.1) is 0 Å². The molecule has 0 saturated heterocycles. The summed E-state index contributed by atoms with van der Waals surface area (Å²) in [5, 5.41) is 25.0. The molecule has 5 rings (SSSR count). The Bertz CT molecular complexity index is 1650. The quantitative estimate of drug-likeness (QED) is 0.158. The van der Waals surface area contributed by atoms with Gasteiger partial charge in [-0.05, 0) is 55.0 Å². The fourth-order valence-corrected chi connectivity index (χ4v) is 4.05. The van der Waals surface area contributed by atoms with Crippen molar-refractivity contribution in [3.05, 3.63) is 112 Å². The number of aromatic hydroxyl groups is 1. The summed E-state index contributed by atoms with van der Waals surface area (Å²) in [5.41, 5.74) is 6.53. The molecule has 0 radical (unpaired) electrons. The predicted octanol–water partition coefficient (Wildman–Crippen LogP) is 5.55. The summed E-state index contributed by atoms with van der Waals surface area (Å²) in [6.07, 6.45) is 1.35. The second kappa shape index (κ2) is 10.4. The number of carbonyl (C=O) groups excluding carboxylic acids is 2. The zero-order chi connectivity index (χ0) is 27.5. The number of hydrogen-bond donors (Lipinski definition) is 4. The van der Waals surface area contributed by atoms with E-state index in [1.54, 1.807) is 6.07 Å². The van der Waals surface area contributed by atoms with Crippen molar-refractivity contribution in [3.8, 4) is 16.9 Å². The Morgan fingerprint density at radius 3 is 2.44 bits per heavy atom. The van der Waals surface area contributed by atoms with E-state index in [2.05, 4.69) is 16.2 Å². The molecule has 39 heavy (non-hydrogen) atoms. The van der Waals surface area contributed by atoms with Gasteiger partial charge in [0.1, 0.15) is 11.3 Å². The predicted molar refractivity (Wildman–Crippen MR) is 142 cm³/mol. The SMILES string of the molecule is CC(Nc1ccc(-c2ccoc2C(=O)NNC(=O)c2ccc(O)c([N+](=O)[O-])c2)cc1)c1cc2ccccc2o1. The Morgan fingerprint density at radius 2 is 1.69 bits per heavy atom. The third-order valence-electron chi connectivity index (χ3n) is 6.05. The summed E-state index contributed by atoms with van der Waals surface area (Å²) in [5.74, 6) is -1.35. The number of para-hydroxylation sites is 1. The van der Waals surface area contributed by atoms with Gasteiger partial charge in [-0.3, -0.25) is 30.6 Å². The number of phenols is 1. The highest BCUT2D eigenvalue weighted by Gasteiger charge is 2.20. The van der Waals surface area contributed by atoms with Gasteiger partial charge in [-0.25, -0.2) is 0 Å². The Hall–Kier alpha value is -5.58. The van der Waals surface area contributed by atoms with Crippen molar-refractivity contribution in [1.29, 1.82) is 0 Å². The highest BCUT2D eigenvalue weighted by atomic mass is 16.6. The molecule has 0 fully saturated rings. The molecular weight excluding hydrogens is 504 g/mol. The molecule has 5 aromatic rings. The number of anilines is 1. The van der Waals surface area contributed by atoms with Crippen LogP contribution in [-0.4, -0.2) is 21.8 Å². The van der Waals surface area contributed by atoms with E-state index >= 15 is 0 Å². The van der Waals surface area contributed by atoms with Crippen LogP contribution < -0.4 is 16.2 Å². The van der Waals surface area contributed by atoms with E-state index in [1.165, 1.54) is 12.3 Å². The van der Waals surface area contributed by atoms with Crippen LogP contribution in [0.1, 0.15) is 39.6 Å². The summed E-state index contributed by atoms with van der Waals surface area (Å²) < 4.78 is 11.3. The van der Waals surface area contributed by atoms with Crippen LogP contribution in [-0.2, 0) is 0 Å². The number of hydrazine groups is 1. The van der Waals surface area contributed by atoms with Gasteiger partial charge in [0.2, 0.25) is 5.76 Å². The van der Waals surface area contributed by atoms with E-state index in [-0.39, 0.29) is 17.4 Å². The van der Waals surface area contributed by atoms with E-state index in [9.17, 15) is 24.8 Å². The molecule has 4 N–H and O–H groups in total. The molecule has 1 atom stereocenters. The second-order valence-corrected chi connectivity index (χ2v) is 8.66. The molecule has 0 aliphatic heterocycles. The number of hydrogen-bond acceptors (Lipinski definition) is 8. The maximum absolute atomic E-state index is 12.7. The van der Waals surface area contributed by atoms with Crippen molar-refractivity contribution in [3.63, 3.8) is 0 Å². The van der Waals surface area contributed by atoms with Crippen molar-refractivity contribution < 1.29 is 28.5 Å². The van der Waals surface area contributed by atoms with E-state index in [0.29, 0.717) is 11.1 Å². The average Bonchev–Trinajstić information content (AvgIpc) is 3.60. The number of nitrogens with zero attached hydrogens (tertiary/aromatic N) is 1. The topological polar surface area (TPSA) is 160 Å². The third kappa shape index (κ3) is 5.27. The first-order chi connectivity index (χ1) is 18.8. The Balaban J connectivity index is 1.24. The molecule has 2 aromatic heterocycles. The fraction of sp³-hybridized carbons (Fsp3) is 0.0714. The van der Waals surface area contributed by atoms with Crippen LogP contribution in [0.4, 0.5) is 11.4 Å². The molecule has 1 unspecified atom stereocenters. The highest BCUT2D eigenvalue weighted by Crippen LogP contribution is 2.30. The van der Waals surface area contributed by atoms with Crippen LogP contribution in [0.5, 0.6) is 5.75 Å². The van der Waals surface area contributed by atoms with Gasteiger partial charge in [0.25, 0.3) is 5.91 Å². The standard InChI is InChI=1S/C28H22N4O7/c1-16(25-15-18-4-2-3-5-24(18)39-25)29-20-9-6-17(7-10-20)21-12-13-38-26(21)28(35)31-30-27(34)19-8-11-23(33)22(14-19)32(36)37/h2-16,29,33H,1H3,(H,30,34)(H,31,35). The van der Waals surface area contributed by atoms with E-state index < -0.39 is 28.2 Å². The third-order valence-corrected chi connectivity index (χ3v) is 6.05. The number of fused-ring (bicyclic) bond motifs is 1. The van der Waals surface area contributed by atoms with Crippen molar-refractivity contribution in [2.24, 2.45) is 0 Å². The number of furan rings is 2. The maximum Gasteiger partial charge on any atom is 0.311 e. The minimum Gasteiger partial charge on any atom is -0.502 e. The molecule has 2 heterocycles. The molecule has 2 amide bonds. The van der Waals surface area contributed by atoms with Crippen LogP contribution in [0.15, 0.2) is 94.0 Å². The van der Waals surface area contributed by atoms with Crippen LogP contribution >= 0.6 is 0 Å². The molecule has 3 aromatic carbocycles. The first-order valence-electron chi connectivity index (χ1n) is 11.8. The lowest BCUT2D eigenvalue weighted by Crippen LogP contribution is -2.41. The van der Waals surface area contributed by atoms with Gasteiger partial charge in [-0.1, -0.05) is 30.3 Å². The van der Waals surface area contributed by atoms with Gasteiger partial charge in [0.15, 0.2) is 5.75 Å². The van der Waals surface area contributed by atoms with Gasteiger partial charge in [-0.2, -0.15) is 0 Å². The number of amides is 2. The number of benzene rings is 3. The van der Waals surface area contributed by atoms with E-state index in [1.807, 2.05) is 61.5 Å². The number of carbonyl (C=O) groups is 2. The lowest BCUT2D eigenvalue weighted by atomic mass is 10.1. The van der Waals surface area contributed by atoms with Gasteiger partial charge in [0.05, 0.1) is 17.2 Å². The van der Waals surface area contributed by atoms with E-state index in [4.69, 9.17) is 8.83 Å². The molecule has 0 spiro atoms. The summed E-state index contributed by atoms with van der Waals surface area (Å²) in [6.45, 7) is 1.99. The number of nitrogens with one attached hydrogen (secondary N) is 3. The van der Waals surface area contributed by atoms with Crippen LogP contribution in [0.25, 0.3) is 22.1 Å². The lowest BCUT2D eigenvalue weighted by molar-refractivity contribution is -0.385. The van der Waals surface area contributed by atoms with Gasteiger partial charge < -0.3 is 19.3 Å². The number of nitro groups is 1. The summed E-state index contributed by atoms with van der Waals surface area (Å²) >= 11 is 0. The summed E-state index contributed by atoms with van der Waals surface area (Å²) in [6, 6.07) is 21.8. The molecule has 0 bridgehead atoms. The first-order valence-corrected chi connectivity index (χ1v) is 11.8. The van der Waals surface area contributed by atoms with Crippen LogP contribution in [0.3, 0.4) is 0 Å². The minimum absolute atomic E-state index is 0.0386. The zero-order valence-electron chi connectivity index (χ0n) is 20.5. The van der Waals surface area contributed by atoms with Gasteiger partial charge >= 0.3 is 11.6 Å². The van der Waals surface area contributed by atoms with Gasteiger partial charge in [0, 0.05) is 28.3 Å². The molecule has 11 nitrogen and oxygen atoms in total. The van der Waals surface area contributed by atoms with Crippen LogP contribution in [0.2, 0.25) is 0 Å². The summed E-state index contributed by atoms with van der Waals surface area (Å²) in [4.78, 5) is 35.2. The smallest absolute Gasteiger partial charge is 0.311 e. The summed E-state index contributed by atoms with van der Waals surface area (Å²) in [7, 11) is 0. The Kier molecular flexibility index (Phi) is 6.70. The second-order valence-electron chi connectivity index (χ2n) is 8.66. The maximum atomic E-state index is 12.7. The number of nitro benzene ring substituents is 1. The van der Waals surface area contributed by atoms with Crippen molar-refractivity contribution in [2.75, 3.05) is 5.32 Å². The Labute approximate surface area is 221 Å². The number of rotatable bonds is 7. The molecule has 0 saturated carbocycles. The minimum atomic E-state index is -0.819. The first kappa shape index (κ1) is 25.1.